The Morgan fingerprint density at radius 1 is 1.28 bits per heavy atom. The lowest BCUT2D eigenvalue weighted by Crippen LogP contribution is -2.62. The van der Waals surface area contributed by atoms with E-state index in [1.807, 2.05) is 0 Å². The van der Waals surface area contributed by atoms with E-state index < -0.39 is 35.1 Å². The van der Waals surface area contributed by atoms with Crippen LogP contribution in [-0.4, -0.2) is 46.5 Å². The van der Waals surface area contributed by atoms with Gasteiger partial charge < -0.3 is 11.1 Å². The molecule has 1 aromatic rings. The monoisotopic (exact) mass is 344 g/mol. The van der Waals surface area contributed by atoms with Gasteiger partial charge in [-0.15, -0.1) is 0 Å². The molecular formula is C16H16N4O5. The second-order valence-electron chi connectivity index (χ2n) is 6.08. The van der Waals surface area contributed by atoms with Gasteiger partial charge in [0.25, 0.3) is 17.7 Å². The minimum absolute atomic E-state index is 0.0141. The molecule has 1 saturated heterocycles. The summed E-state index contributed by atoms with van der Waals surface area (Å²) in [6, 6.07) is 4.45. The summed E-state index contributed by atoms with van der Waals surface area (Å²) in [5, 5.41) is 4.64. The molecule has 1 atom stereocenters. The van der Waals surface area contributed by atoms with Gasteiger partial charge >= 0.3 is 0 Å². The Bertz CT molecular complexity index is 834. The van der Waals surface area contributed by atoms with Crippen LogP contribution in [0.4, 0.5) is 5.69 Å². The van der Waals surface area contributed by atoms with Gasteiger partial charge in [-0.1, -0.05) is 6.07 Å². The maximum atomic E-state index is 12.9. The molecule has 3 rings (SSSR count). The highest BCUT2D eigenvalue weighted by molar-refractivity contribution is 6.26. The molecule has 25 heavy (non-hydrogen) atoms. The van der Waals surface area contributed by atoms with Gasteiger partial charge in [0.2, 0.25) is 11.8 Å². The van der Waals surface area contributed by atoms with Crippen LogP contribution < -0.4 is 16.4 Å². The Kier molecular flexibility index (Phi) is 3.88. The summed E-state index contributed by atoms with van der Waals surface area (Å²) in [6.45, 7) is 1.16. The van der Waals surface area contributed by atoms with E-state index in [-0.39, 0.29) is 36.2 Å². The normalized spacial score (nSPS) is 22.7. The van der Waals surface area contributed by atoms with Crippen LogP contribution in [-0.2, 0) is 14.4 Å². The fourth-order valence-corrected chi connectivity index (χ4v) is 3.05. The zero-order valence-corrected chi connectivity index (χ0v) is 13.4. The smallest absolute Gasteiger partial charge is 0.264 e. The number of piperidine rings is 1. The van der Waals surface area contributed by atoms with Crippen LogP contribution in [0.3, 0.4) is 0 Å². The van der Waals surface area contributed by atoms with E-state index in [0.717, 1.165) is 4.90 Å². The summed E-state index contributed by atoms with van der Waals surface area (Å²) in [5.41, 5.74) is 4.05. The quantitative estimate of drug-likeness (QED) is 0.624. The Morgan fingerprint density at radius 2 is 2.00 bits per heavy atom. The maximum absolute atomic E-state index is 12.9. The van der Waals surface area contributed by atoms with Gasteiger partial charge in [0.05, 0.1) is 23.4 Å². The van der Waals surface area contributed by atoms with Gasteiger partial charge in [0.1, 0.15) is 5.54 Å². The molecule has 0 spiro atoms. The van der Waals surface area contributed by atoms with Crippen LogP contribution in [0.5, 0.6) is 0 Å². The SMILES string of the molecule is C[C@@]1(N2C(=O)c3cccc(NC(=O)CN)c3C2=O)CCC(=O)NC1=O. The zero-order chi connectivity index (χ0) is 18.4. The number of hydrogen-bond donors (Lipinski definition) is 3. The fraction of sp³-hybridized carbons (Fsp3) is 0.312. The van der Waals surface area contributed by atoms with Gasteiger partial charge in [0, 0.05) is 6.42 Å². The van der Waals surface area contributed by atoms with Crippen molar-refractivity contribution in [2.75, 3.05) is 11.9 Å². The van der Waals surface area contributed by atoms with E-state index >= 15 is 0 Å². The number of imide groups is 2. The number of amides is 5. The Labute approximate surface area is 142 Å². The van der Waals surface area contributed by atoms with Crippen LogP contribution in [0, 0.1) is 0 Å². The molecule has 2 heterocycles. The molecule has 1 fully saturated rings. The van der Waals surface area contributed by atoms with Crippen LogP contribution in [0.1, 0.15) is 40.5 Å². The van der Waals surface area contributed by atoms with Crippen LogP contribution in [0.25, 0.3) is 0 Å². The first-order chi connectivity index (χ1) is 11.8. The first kappa shape index (κ1) is 16.8. The number of carbonyl (C=O) groups excluding carboxylic acids is 5. The van der Waals surface area contributed by atoms with Crippen molar-refractivity contribution in [3.63, 3.8) is 0 Å². The van der Waals surface area contributed by atoms with Gasteiger partial charge in [-0.05, 0) is 25.5 Å². The van der Waals surface area contributed by atoms with E-state index in [1.54, 1.807) is 0 Å². The average Bonchev–Trinajstić information content (AvgIpc) is 2.84. The first-order valence-electron chi connectivity index (χ1n) is 7.65. The van der Waals surface area contributed by atoms with E-state index in [0.29, 0.717) is 0 Å². The van der Waals surface area contributed by atoms with Gasteiger partial charge in [-0.3, -0.25) is 34.2 Å². The summed E-state index contributed by atoms with van der Waals surface area (Å²) in [4.78, 5) is 61.7. The number of anilines is 1. The van der Waals surface area contributed by atoms with E-state index in [1.165, 1.54) is 25.1 Å². The molecule has 2 aliphatic heterocycles. The Balaban J connectivity index is 2.03. The predicted octanol–water partition coefficient (Wildman–Crippen LogP) is -0.625. The van der Waals surface area contributed by atoms with Crippen molar-refractivity contribution in [1.82, 2.24) is 10.2 Å². The molecule has 1 aromatic carbocycles. The fourth-order valence-electron chi connectivity index (χ4n) is 3.05. The Morgan fingerprint density at radius 3 is 2.64 bits per heavy atom. The molecule has 9 nitrogen and oxygen atoms in total. The molecule has 0 aliphatic carbocycles. The molecule has 0 bridgehead atoms. The summed E-state index contributed by atoms with van der Waals surface area (Å²) in [6.07, 6.45) is 0.0556. The molecular weight excluding hydrogens is 328 g/mol. The number of fused-ring (bicyclic) bond motifs is 1. The lowest BCUT2D eigenvalue weighted by atomic mass is 9.89. The molecule has 9 heteroatoms. The predicted molar refractivity (Wildman–Crippen MR) is 85.4 cm³/mol. The van der Waals surface area contributed by atoms with Crippen molar-refractivity contribution in [2.45, 2.75) is 25.3 Å². The second-order valence-corrected chi connectivity index (χ2v) is 6.08. The highest BCUT2D eigenvalue weighted by atomic mass is 16.2. The molecule has 4 N–H and O–H groups in total. The number of rotatable bonds is 3. The van der Waals surface area contributed by atoms with E-state index in [9.17, 15) is 24.0 Å². The minimum Gasteiger partial charge on any atom is -0.324 e. The largest absolute Gasteiger partial charge is 0.324 e. The van der Waals surface area contributed by atoms with E-state index in [4.69, 9.17) is 5.73 Å². The van der Waals surface area contributed by atoms with Crippen LogP contribution in [0.15, 0.2) is 18.2 Å². The first-order valence-corrected chi connectivity index (χ1v) is 7.65. The molecule has 0 unspecified atom stereocenters. The van der Waals surface area contributed by atoms with Gasteiger partial charge in [-0.25, -0.2) is 0 Å². The summed E-state index contributed by atoms with van der Waals surface area (Å²) >= 11 is 0. The number of nitrogens with two attached hydrogens (primary N) is 1. The van der Waals surface area contributed by atoms with Crippen molar-refractivity contribution in [2.24, 2.45) is 5.73 Å². The van der Waals surface area contributed by atoms with Crippen molar-refractivity contribution in [3.8, 4) is 0 Å². The highest BCUT2D eigenvalue weighted by Crippen LogP contribution is 2.36. The third-order valence-corrected chi connectivity index (χ3v) is 4.45. The van der Waals surface area contributed by atoms with Crippen molar-refractivity contribution < 1.29 is 24.0 Å². The Hall–Kier alpha value is -3.07. The third-order valence-electron chi connectivity index (χ3n) is 4.45. The van der Waals surface area contributed by atoms with Crippen LogP contribution >= 0.6 is 0 Å². The summed E-state index contributed by atoms with van der Waals surface area (Å²) in [7, 11) is 0. The number of nitrogens with zero attached hydrogens (tertiary/aromatic N) is 1. The van der Waals surface area contributed by atoms with E-state index in [2.05, 4.69) is 10.6 Å². The second kappa shape index (κ2) is 5.78. The summed E-state index contributed by atoms with van der Waals surface area (Å²) in [5.74, 6) is -3.00. The highest BCUT2D eigenvalue weighted by Gasteiger charge is 2.53. The number of hydrogen-bond acceptors (Lipinski definition) is 6. The van der Waals surface area contributed by atoms with Crippen molar-refractivity contribution in [3.05, 3.63) is 29.3 Å². The standard InChI is InChI=1S/C16H16N4O5/c1-16(6-5-10(21)19-15(16)25)20-13(23)8-3-2-4-9(12(8)14(20)24)18-11(22)7-17/h2-4H,5-7,17H2,1H3,(H,18,22)(H,19,21,25)/t16-/m1/s1. The zero-order valence-electron chi connectivity index (χ0n) is 13.4. The lowest BCUT2D eigenvalue weighted by Gasteiger charge is -2.38. The maximum Gasteiger partial charge on any atom is 0.264 e. The topological polar surface area (TPSA) is 139 Å². The molecule has 0 saturated carbocycles. The van der Waals surface area contributed by atoms with Crippen molar-refractivity contribution >= 4 is 35.2 Å². The van der Waals surface area contributed by atoms with Crippen molar-refractivity contribution in [1.29, 1.82) is 0 Å². The number of benzene rings is 1. The summed E-state index contributed by atoms with van der Waals surface area (Å²) < 4.78 is 0. The number of carbonyl (C=O) groups is 5. The van der Waals surface area contributed by atoms with Gasteiger partial charge in [0.15, 0.2) is 0 Å². The molecule has 5 amide bonds. The molecule has 0 radical (unpaired) electrons. The molecule has 0 aromatic heterocycles. The third kappa shape index (κ3) is 2.49. The molecule has 2 aliphatic rings. The average molecular weight is 344 g/mol. The van der Waals surface area contributed by atoms with Gasteiger partial charge in [-0.2, -0.15) is 0 Å². The minimum atomic E-state index is -1.48. The molecule has 130 valence electrons. The van der Waals surface area contributed by atoms with Crippen LogP contribution in [0.2, 0.25) is 0 Å². The lowest BCUT2D eigenvalue weighted by molar-refractivity contribution is -0.141. The number of nitrogens with one attached hydrogen (secondary N) is 2.